The van der Waals surface area contributed by atoms with E-state index in [1.54, 1.807) is 0 Å². The maximum Gasteiger partial charge on any atom is 0.101 e. The minimum Gasteiger partial charge on any atom is -0.370 e. The van der Waals surface area contributed by atoms with E-state index < -0.39 is 5.41 Å². The first-order chi connectivity index (χ1) is 17.5. The van der Waals surface area contributed by atoms with Crippen LogP contribution in [0.3, 0.4) is 0 Å². The van der Waals surface area contributed by atoms with Crippen molar-refractivity contribution in [1.29, 1.82) is 5.26 Å². The molecule has 36 heavy (non-hydrogen) atoms. The van der Waals surface area contributed by atoms with Gasteiger partial charge in [0.25, 0.3) is 0 Å². The van der Waals surface area contributed by atoms with Gasteiger partial charge in [0.1, 0.15) is 5.69 Å². The van der Waals surface area contributed by atoms with Gasteiger partial charge >= 0.3 is 0 Å². The van der Waals surface area contributed by atoms with E-state index in [2.05, 4.69) is 67.5 Å². The molecule has 0 saturated carbocycles. The predicted octanol–water partition coefficient (Wildman–Crippen LogP) is 6.36. The summed E-state index contributed by atoms with van der Waals surface area (Å²) in [6.45, 7) is 5.93. The highest BCUT2D eigenvalue weighted by molar-refractivity contribution is 6.11. The van der Waals surface area contributed by atoms with Crippen molar-refractivity contribution in [3.8, 4) is 17.3 Å². The van der Waals surface area contributed by atoms with Crippen LogP contribution in [0.5, 0.6) is 0 Å². The standard InChI is InChI=1S/C30H28N6/c1-30(2,19-31)23-8-5-21(6-9-23)29-28-25-16-22(7-10-26(25)33-18-27(28)34-35-29)20-11-14-36(15-12-20)24-4-3-13-32-17-24/h3-10,13,16-18,20H,11-12,14-15H2,1-2H3,(H,34,35). The van der Waals surface area contributed by atoms with E-state index in [0.29, 0.717) is 5.92 Å². The van der Waals surface area contributed by atoms with Gasteiger partial charge in [-0.15, -0.1) is 0 Å². The summed E-state index contributed by atoms with van der Waals surface area (Å²) < 4.78 is 0. The van der Waals surface area contributed by atoms with Crippen molar-refractivity contribution in [3.05, 3.63) is 84.3 Å². The summed E-state index contributed by atoms with van der Waals surface area (Å²) in [5.41, 5.74) is 6.90. The number of nitriles is 1. The zero-order valence-corrected chi connectivity index (χ0v) is 20.6. The molecule has 1 aliphatic heterocycles. The fraction of sp³-hybridized carbons (Fsp3) is 0.267. The Kier molecular flexibility index (Phi) is 5.41. The zero-order chi connectivity index (χ0) is 24.7. The van der Waals surface area contributed by atoms with Crippen LogP contribution >= 0.6 is 0 Å². The fourth-order valence-corrected chi connectivity index (χ4v) is 5.31. The molecule has 0 radical (unpaired) electrons. The number of aromatic nitrogens is 4. The van der Waals surface area contributed by atoms with E-state index in [1.807, 2.05) is 50.6 Å². The Morgan fingerprint density at radius 3 is 2.56 bits per heavy atom. The number of pyridine rings is 2. The molecule has 0 bridgehead atoms. The van der Waals surface area contributed by atoms with Crippen LogP contribution in [0.4, 0.5) is 5.69 Å². The molecular formula is C30H28N6. The largest absolute Gasteiger partial charge is 0.370 e. The molecule has 0 aliphatic carbocycles. The van der Waals surface area contributed by atoms with Crippen molar-refractivity contribution in [3.63, 3.8) is 0 Å². The molecular weight excluding hydrogens is 444 g/mol. The molecule has 4 heterocycles. The second-order valence-electron chi connectivity index (χ2n) is 10.2. The van der Waals surface area contributed by atoms with Gasteiger partial charge in [0, 0.05) is 35.6 Å². The molecule has 178 valence electrons. The molecule has 3 aromatic heterocycles. The number of piperidine rings is 1. The molecule has 6 nitrogen and oxygen atoms in total. The molecule has 6 heteroatoms. The number of benzene rings is 2. The van der Waals surface area contributed by atoms with E-state index in [-0.39, 0.29) is 0 Å². The molecule has 0 atom stereocenters. The molecule has 1 N–H and O–H groups in total. The van der Waals surface area contributed by atoms with Crippen LogP contribution in [0.25, 0.3) is 33.1 Å². The number of nitrogens with one attached hydrogen (secondary N) is 1. The minimum atomic E-state index is -0.524. The zero-order valence-electron chi connectivity index (χ0n) is 20.6. The van der Waals surface area contributed by atoms with Crippen LogP contribution in [-0.2, 0) is 5.41 Å². The Balaban J connectivity index is 1.34. The lowest BCUT2D eigenvalue weighted by Gasteiger charge is -2.33. The van der Waals surface area contributed by atoms with Crippen molar-refractivity contribution in [2.45, 2.75) is 38.0 Å². The number of nitrogens with zero attached hydrogens (tertiary/aromatic N) is 5. The van der Waals surface area contributed by atoms with Crippen LogP contribution in [0, 0.1) is 11.3 Å². The van der Waals surface area contributed by atoms with Gasteiger partial charge in [0.15, 0.2) is 0 Å². The van der Waals surface area contributed by atoms with Gasteiger partial charge in [-0.05, 0) is 68.0 Å². The summed E-state index contributed by atoms with van der Waals surface area (Å²) in [5.74, 6) is 0.514. The SMILES string of the molecule is CC(C)(C#N)c1ccc(-c2n[nH]c3cnc4ccc(C5CCN(c6cccnc6)CC5)cc4c23)cc1. The van der Waals surface area contributed by atoms with Gasteiger partial charge in [0.05, 0.1) is 40.6 Å². The Labute approximate surface area is 210 Å². The monoisotopic (exact) mass is 472 g/mol. The quantitative estimate of drug-likeness (QED) is 0.329. The van der Waals surface area contributed by atoms with Gasteiger partial charge in [0.2, 0.25) is 0 Å². The third-order valence-corrected chi connectivity index (χ3v) is 7.55. The summed E-state index contributed by atoms with van der Waals surface area (Å²) in [4.78, 5) is 11.4. The van der Waals surface area contributed by atoms with Crippen LogP contribution < -0.4 is 4.90 Å². The van der Waals surface area contributed by atoms with Gasteiger partial charge in [-0.3, -0.25) is 15.1 Å². The van der Waals surface area contributed by atoms with Gasteiger partial charge < -0.3 is 4.90 Å². The smallest absolute Gasteiger partial charge is 0.101 e. The summed E-state index contributed by atoms with van der Waals surface area (Å²) in [5, 5.41) is 19.6. The summed E-state index contributed by atoms with van der Waals surface area (Å²) in [7, 11) is 0. The first kappa shape index (κ1) is 22.2. The molecule has 0 unspecified atom stereocenters. The second-order valence-corrected chi connectivity index (χ2v) is 10.2. The molecule has 2 aromatic carbocycles. The third kappa shape index (κ3) is 3.87. The molecule has 1 aliphatic rings. The average molecular weight is 473 g/mol. The van der Waals surface area contributed by atoms with Crippen molar-refractivity contribution in [1.82, 2.24) is 20.2 Å². The highest BCUT2D eigenvalue weighted by Crippen LogP contribution is 2.36. The molecule has 0 spiro atoms. The molecule has 6 rings (SSSR count). The van der Waals surface area contributed by atoms with E-state index >= 15 is 0 Å². The van der Waals surface area contributed by atoms with Crippen LogP contribution in [-0.4, -0.2) is 33.3 Å². The summed E-state index contributed by atoms with van der Waals surface area (Å²) >= 11 is 0. The van der Waals surface area contributed by atoms with Gasteiger partial charge in [-0.1, -0.05) is 30.3 Å². The molecule has 1 fully saturated rings. The minimum absolute atomic E-state index is 0.514. The second kappa shape index (κ2) is 8.76. The van der Waals surface area contributed by atoms with E-state index in [0.717, 1.165) is 64.6 Å². The van der Waals surface area contributed by atoms with E-state index in [4.69, 9.17) is 0 Å². The van der Waals surface area contributed by atoms with Crippen molar-refractivity contribution in [2.75, 3.05) is 18.0 Å². The number of aromatic amines is 1. The molecule has 1 saturated heterocycles. The molecule has 5 aromatic rings. The summed E-state index contributed by atoms with van der Waals surface area (Å²) in [6, 6.07) is 21.4. The lowest BCUT2D eigenvalue weighted by molar-refractivity contribution is 0.505. The lowest BCUT2D eigenvalue weighted by Crippen LogP contribution is -2.32. The predicted molar refractivity (Wildman–Crippen MR) is 144 cm³/mol. The van der Waals surface area contributed by atoms with Gasteiger partial charge in [-0.25, -0.2) is 0 Å². The average Bonchev–Trinajstić information content (AvgIpc) is 3.38. The third-order valence-electron chi connectivity index (χ3n) is 7.55. The van der Waals surface area contributed by atoms with E-state index in [1.165, 1.54) is 11.3 Å². The van der Waals surface area contributed by atoms with Crippen LogP contribution in [0.15, 0.2) is 73.2 Å². The fourth-order valence-electron chi connectivity index (χ4n) is 5.31. The maximum atomic E-state index is 9.49. The number of hydrogen-bond donors (Lipinski definition) is 1. The highest BCUT2D eigenvalue weighted by Gasteiger charge is 2.23. The number of fused-ring (bicyclic) bond motifs is 3. The highest BCUT2D eigenvalue weighted by atomic mass is 15.1. The Morgan fingerprint density at radius 1 is 1.03 bits per heavy atom. The van der Waals surface area contributed by atoms with E-state index in [9.17, 15) is 5.26 Å². The van der Waals surface area contributed by atoms with Gasteiger partial charge in [-0.2, -0.15) is 10.4 Å². The normalized spacial score (nSPS) is 14.9. The van der Waals surface area contributed by atoms with Crippen molar-refractivity contribution in [2.24, 2.45) is 0 Å². The number of hydrogen-bond acceptors (Lipinski definition) is 5. The van der Waals surface area contributed by atoms with Crippen molar-refractivity contribution < 1.29 is 0 Å². The summed E-state index contributed by atoms with van der Waals surface area (Å²) in [6.07, 6.45) is 7.86. The Morgan fingerprint density at radius 2 is 1.83 bits per heavy atom. The Bertz CT molecular complexity index is 1570. The first-order valence-electron chi connectivity index (χ1n) is 12.5. The van der Waals surface area contributed by atoms with Crippen LogP contribution in [0.2, 0.25) is 0 Å². The number of anilines is 1. The lowest BCUT2D eigenvalue weighted by atomic mass is 9.85. The Hall–Kier alpha value is -4.24. The number of H-pyrrole nitrogens is 1. The maximum absolute atomic E-state index is 9.49. The van der Waals surface area contributed by atoms with Crippen molar-refractivity contribution >= 4 is 27.5 Å². The van der Waals surface area contributed by atoms with Crippen LogP contribution in [0.1, 0.15) is 43.7 Å². The first-order valence-corrected chi connectivity index (χ1v) is 12.5. The number of rotatable bonds is 4. The topological polar surface area (TPSA) is 81.5 Å². The molecule has 0 amide bonds.